The second-order valence-electron chi connectivity index (χ2n) is 3.16. The Morgan fingerprint density at radius 1 is 1.17 bits per heavy atom. The van der Waals surface area contributed by atoms with Crippen molar-refractivity contribution in [3.8, 4) is 0 Å². The second-order valence-corrected chi connectivity index (χ2v) is 4.69. The normalized spacial score (nSPS) is 21.1. The molecule has 4 nitrogen and oxygen atoms in total. The smallest absolute Gasteiger partial charge is 0.0958 e. The number of nitrogens with zero attached hydrogens (tertiary/aromatic N) is 1. The number of hydrogen-bond donors (Lipinski definition) is 0. The lowest BCUT2D eigenvalue weighted by molar-refractivity contribution is 0.239. The lowest BCUT2D eigenvalue weighted by atomic mass is 10.1. The van der Waals surface area contributed by atoms with Crippen LogP contribution in [0.1, 0.15) is 19.3 Å². The van der Waals surface area contributed by atoms with Crippen molar-refractivity contribution in [3.63, 3.8) is 0 Å². The Morgan fingerprint density at radius 2 is 1.75 bits per heavy atom. The molecule has 0 spiro atoms. The van der Waals surface area contributed by atoms with E-state index in [1.54, 1.807) is 0 Å². The van der Waals surface area contributed by atoms with Gasteiger partial charge in [0, 0.05) is 6.54 Å². The molecule has 0 unspecified atom stereocenters. The van der Waals surface area contributed by atoms with Crippen LogP contribution in [0, 0.1) is 0 Å². The summed E-state index contributed by atoms with van der Waals surface area (Å²) in [6.45, 7) is 2.29. The summed E-state index contributed by atoms with van der Waals surface area (Å²) in [6, 6.07) is 0. The third kappa shape index (κ3) is 4.04. The molecule has 0 saturated carbocycles. The largest absolute Gasteiger partial charge is 0.748 e. The van der Waals surface area contributed by atoms with Gasteiger partial charge < -0.3 is 9.45 Å². The third-order valence-electron chi connectivity index (χ3n) is 2.11. The number of hydrogen-bond acceptors (Lipinski definition) is 4. The molecule has 1 saturated heterocycles. The predicted molar refractivity (Wildman–Crippen MR) is 44.9 cm³/mol. The lowest BCUT2D eigenvalue weighted by Gasteiger charge is -2.26. The van der Waals surface area contributed by atoms with Crippen molar-refractivity contribution in [3.05, 3.63) is 0 Å². The van der Waals surface area contributed by atoms with Gasteiger partial charge >= 0.3 is 0 Å². The van der Waals surface area contributed by atoms with Gasteiger partial charge in [0.25, 0.3) is 0 Å². The van der Waals surface area contributed by atoms with Crippen LogP contribution in [0.2, 0.25) is 0 Å². The van der Waals surface area contributed by atoms with Crippen LogP contribution in [-0.4, -0.2) is 43.3 Å². The van der Waals surface area contributed by atoms with E-state index in [1.807, 2.05) is 4.90 Å². The van der Waals surface area contributed by atoms with E-state index in [4.69, 9.17) is 0 Å². The first-order chi connectivity index (χ1) is 5.58. The van der Waals surface area contributed by atoms with Gasteiger partial charge in [0.05, 0.1) is 15.9 Å². The van der Waals surface area contributed by atoms with Crippen LogP contribution < -0.4 is 0 Å². The van der Waals surface area contributed by atoms with Gasteiger partial charge in [0.15, 0.2) is 0 Å². The molecule has 12 heavy (non-hydrogen) atoms. The van der Waals surface area contributed by atoms with Crippen LogP contribution in [0.5, 0.6) is 0 Å². The number of rotatable bonds is 3. The SMILES string of the molecule is O=S(=O)([O-])CCN1CCCCC1. The molecule has 0 atom stereocenters. The molecule has 72 valence electrons. The highest BCUT2D eigenvalue weighted by Crippen LogP contribution is 2.07. The van der Waals surface area contributed by atoms with E-state index in [0.29, 0.717) is 6.54 Å². The Labute approximate surface area is 73.3 Å². The topological polar surface area (TPSA) is 60.4 Å². The van der Waals surface area contributed by atoms with Crippen molar-refractivity contribution >= 4 is 10.1 Å². The summed E-state index contributed by atoms with van der Waals surface area (Å²) in [4.78, 5) is 2.04. The molecule has 1 aliphatic rings. The average molecular weight is 192 g/mol. The monoisotopic (exact) mass is 192 g/mol. The molecule has 1 rings (SSSR count). The average Bonchev–Trinajstić information content (AvgIpc) is 2.02. The zero-order valence-electron chi connectivity index (χ0n) is 7.03. The van der Waals surface area contributed by atoms with Crippen LogP contribution in [0.4, 0.5) is 0 Å². The molecule has 0 radical (unpaired) electrons. The Morgan fingerprint density at radius 3 is 2.25 bits per heavy atom. The fraction of sp³-hybridized carbons (Fsp3) is 1.00. The van der Waals surface area contributed by atoms with E-state index in [-0.39, 0.29) is 5.75 Å². The van der Waals surface area contributed by atoms with Crippen LogP contribution >= 0.6 is 0 Å². The van der Waals surface area contributed by atoms with E-state index in [0.717, 1.165) is 25.9 Å². The first-order valence-corrected chi connectivity index (χ1v) is 5.81. The summed E-state index contributed by atoms with van der Waals surface area (Å²) in [5.74, 6) is -0.243. The van der Waals surface area contributed by atoms with Crippen molar-refractivity contribution in [2.45, 2.75) is 19.3 Å². The van der Waals surface area contributed by atoms with E-state index in [2.05, 4.69) is 0 Å². The van der Waals surface area contributed by atoms with Gasteiger partial charge in [-0.05, 0) is 25.9 Å². The van der Waals surface area contributed by atoms with Gasteiger partial charge in [-0.2, -0.15) is 0 Å². The summed E-state index contributed by atoms with van der Waals surface area (Å²) in [5, 5.41) is 0. The molecule has 0 aromatic carbocycles. The summed E-state index contributed by atoms with van der Waals surface area (Å²) >= 11 is 0. The van der Waals surface area contributed by atoms with Crippen molar-refractivity contribution in [1.29, 1.82) is 0 Å². The quantitative estimate of drug-likeness (QED) is 0.591. The minimum absolute atomic E-state index is 0.243. The Bertz CT molecular complexity index is 219. The van der Waals surface area contributed by atoms with Gasteiger partial charge in [-0.25, -0.2) is 8.42 Å². The Kier molecular flexibility index (Phi) is 3.49. The maximum atomic E-state index is 10.3. The molecular formula is C7H14NO3S-. The van der Waals surface area contributed by atoms with Crippen LogP contribution in [0.25, 0.3) is 0 Å². The fourth-order valence-electron chi connectivity index (χ4n) is 1.42. The molecule has 1 aliphatic heterocycles. The van der Waals surface area contributed by atoms with Crippen molar-refractivity contribution in [1.82, 2.24) is 4.90 Å². The predicted octanol–water partition coefficient (Wildman–Crippen LogP) is 0.0175. The van der Waals surface area contributed by atoms with Gasteiger partial charge in [0.2, 0.25) is 0 Å². The number of piperidine rings is 1. The van der Waals surface area contributed by atoms with Gasteiger partial charge in [-0.15, -0.1) is 0 Å². The van der Waals surface area contributed by atoms with Crippen molar-refractivity contribution < 1.29 is 13.0 Å². The van der Waals surface area contributed by atoms with E-state index in [1.165, 1.54) is 6.42 Å². The summed E-state index contributed by atoms with van der Waals surface area (Å²) in [5.41, 5.74) is 0. The van der Waals surface area contributed by atoms with Crippen molar-refractivity contribution in [2.24, 2.45) is 0 Å². The van der Waals surface area contributed by atoms with Crippen molar-refractivity contribution in [2.75, 3.05) is 25.4 Å². The standard InChI is InChI=1S/C7H15NO3S/c9-12(10,11)7-6-8-4-2-1-3-5-8/h1-7H2,(H,9,10,11)/p-1. The zero-order chi connectivity index (χ0) is 9.03. The molecule has 0 bridgehead atoms. The molecular weight excluding hydrogens is 178 g/mol. The highest BCUT2D eigenvalue weighted by atomic mass is 32.2. The molecule has 5 heteroatoms. The fourth-order valence-corrected chi connectivity index (χ4v) is 1.91. The zero-order valence-corrected chi connectivity index (χ0v) is 7.85. The van der Waals surface area contributed by atoms with Gasteiger partial charge in [-0.3, -0.25) is 0 Å². The lowest BCUT2D eigenvalue weighted by Crippen LogP contribution is -2.33. The molecule has 0 aromatic rings. The van der Waals surface area contributed by atoms with Crippen LogP contribution in [-0.2, 0) is 10.1 Å². The van der Waals surface area contributed by atoms with E-state index < -0.39 is 10.1 Å². The first kappa shape index (κ1) is 9.95. The van der Waals surface area contributed by atoms with Gasteiger partial charge in [-0.1, -0.05) is 6.42 Å². The molecule has 1 heterocycles. The molecule has 1 fully saturated rings. The maximum Gasteiger partial charge on any atom is 0.0958 e. The summed E-state index contributed by atoms with van der Waals surface area (Å²) in [7, 11) is -4.02. The van der Waals surface area contributed by atoms with Crippen LogP contribution in [0.15, 0.2) is 0 Å². The summed E-state index contributed by atoms with van der Waals surface area (Å²) < 4.78 is 30.9. The number of likely N-dealkylation sites (tertiary alicyclic amines) is 1. The van der Waals surface area contributed by atoms with Gasteiger partial charge in [0.1, 0.15) is 0 Å². The molecule has 0 aliphatic carbocycles. The third-order valence-corrected chi connectivity index (χ3v) is 2.79. The highest BCUT2D eigenvalue weighted by molar-refractivity contribution is 7.85. The maximum absolute atomic E-state index is 10.3. The first-order valence-electron chi connectivity index (χ1n) is 4.24. The van der Waals surface area contributed by atoms with Crippen LogP contribution in [0.3, 0.4) is 0 Å². The molecule has 0 N–H and O–H groups in total. The Balaban J connectivity index is 2.22. The molecule has 0 aromatic heterocycles. The van der Waals surface area contributed by atoms with E-state index in [9.17, 15) is 13.0 Å². The summed E-state index contributed by atoms with van der Waals surface area (Å²) in [6.07, 6.45) is 3.47. The second kappa shape index (κ2) is 4.20. The highest BCUT2D eigenvalue weighted by Gasteiger charge is 2.10. The minimum Gasteiger partial charge on any atom is -0.748 e. The van der Waals surface area contributed by atoms with E-state index >= 15 is 0 Å². The molecule has 0 amide bonds. The minimum atomic E-state index is -4.02. The Hall–Kier alpha value is -0.130.